The van der Waals surface area contributed by atoms with E-state index in [0.717, 1.165) is 12.8 Å². The zero-order chi connectivity index (χ0) is 14.7. The number of rotatable bonds is 6. The van der Waals surface area contributed by atoms with Crippen LogP contribution in [-0.2, 0) is 4.79 Å². The van der Waals surface area contributed by atoms with Crippen LogP contribution in [0.15, 0.2) is 30.3 Å². The topological polar surface area (TPSA) is 37.3 Å². The van der Waals surface area contributed by atoms with Gasteiger partial charge in [-0.2, -0.15) is 0 Å². The Balaban J connectivity index is 1.81. The number of hydrogen-bond donors (Lipinski definition) is 1. The molecule has 3 unspecified atom stereocenters. The van der Waals surface area contributed by atoms with Crippen LogP contribution in [0.4, 0.5) is 0 Å². The summed E-state index contributed by atoms with van der Waals surface area (Å²) in [5.74, 6) is 0.648. The Morgan fingerprint density at radius 3 is 2.50 bits per heavy atom. The molecule has 0 saturated heterocycles. The molecule has 0 aliphatic heterocycles. The van der Waals surface area contributed by atoms with Gasteiger partial charge < -0.3 is 5.11 Å². The summed E-state index contributed by atoms with van der Waals surface area (Å²) >= 11 is 0. The van der Waals surface area contributed by atoms with Crippen molar-refractivity contribution in [3.63, 3.8) is 0 Å². The number of benzene rings is 1. The fourth-order valence-electron chi connectivity index (χ4n) is 2.71. The first kappa shape index (κ1) is 14.8. The maximum atomic E-state index is 10.9. The predicted octanol–water partition coefficient (Wildman–Crippen LogP) is 4.57. The fourth-order valence-corrected chi connectivity index (χ4v) is 2.71. The first-order valence-electron chi connectivity index (χ1n) is 7.48. The number of carboxylic acid groups (broad SMARTS) is 1. The minimum atomic E-state index is -0.661. The SMILES string of the molecule is CC(C)c1ccc(C=CCC2CC2C(C)C(=O)O)cc1. The van der Waals surface area contributed by atoms with Crippen LogP contribution < -0.4 is 0 Å². The molecule has 2 heteroatoms. The van der Waals surface area contributed by atoms with Crippen molar-refractivity contribution in [2.24, 2.45) is 17.8 Å². The second-order valence-corrected chi connectivity index (χ2v) is 6.25. The van der Waals surface area contributed by atoms with Gasteiger partial charge in [0.1, 0.15) is 0 Å². The lowest BCUT2D eigenvalue weighted by atomic mass is 10.0. The van der Waals surface area contributed by atoms with Gasteiger partial charge in [0.05, 0.1) is 5.92 Å². The summed E-state index contributed by atoms with van der Waals surface area (Å²) in [4.78, 5) is 10.9. The Morgan fingerprint density at radius 1 is 1.30 bits per heavy atom. The van der Waals surface area contributed by atoms with Crippen LogP contribution in [0.3, 0.4) is 0 Å². The first-order chi connectivity index (χ1) is 9.49. The lowest BCUT2D eigenvalue weighted by Crippen LogP contribution is -2.12. The molecule has 20 heavy (non-hydrogen) atoms. The molecule has 0 heterocycles. The van der Waals surface area contributed by atoms with Gasteiger partial charge in [-0.25, -0.2) is 0 Å². The van der Waals surface area contributed by atoms with Crippen molar-refractivity contribution in [1.29, 1.82) is 0 Å². The van der Waals surface area contributed by atoms with E-state index in [9.17, 15) is 4.79 Å². The molecule has 0 radical (unpaired) electrons. The molecule has 2 nitrogen and oxygen atoms in total. The van der Waals surface area contributed by atoms with E-state index < -0.39 is 5.97 Å². The van der Waals surface area contributed by atoms with Gasteiger partial charge in [-0.1, -0.05) is 57.2 Å². The highest BCUT2D eigenvalue weighted by Gasteiger charge is 2.42. The maximum absolute atomic E-state index is 10.9. The largest absolute Gasteiger partial charge is 0.481 e. The van der Waals surface area contributed by atoms with Crippen LogP contribution in [0.1, 0.15) is 50.7 Å². The molecule has 0 spiro atoms. The summed E-state index contributed by atoms with van der Waals surface area (Å²) in [6.07, 6.45) is 6.38. The molecule has 0 amide bonds. The Labute approximate surface area is 121 Å². The summed E-state index contributed by atoms with van der Waals surface area (Å²) in [7, 11) is 0. The van der Waals surface area contributed by atoms with E-state index in [4.69, 9.17) is 5.11 Å². The molecule has 2 rings (SSSR count). The predicted molar refractivity (Wildman–Crippen MR) is 82.6 cm³/mol. The van der Waals surface area contributed by atoms with E-state index >= 15 is 0 Å². The van der Waals surface area contributed by atoms with Crippen molar-refractivity contribution in [1.82, 2.24) is 0 Å². The second-order valence-electron chi connectivity index (χ2n) is 6.25. The summed E-state index contributed by atoms with van der Waals surface area (Å²) < 4.78 is 0. The third-order valence-corrected chi connectivity index (χ3v) is 4.36. The number of aliphatic carboxylic acids is 1. The van der Waals surface area contributed by atoms with Crippen LogP contribution in [0, 0.1) is 17.8 Å². The van der Waals surface area contributed by atoms with E-state index in [1.807, 2.05) is 6.92 Å². The summed E-state index contributed by atoms with van der Waals surface area (Å²) in [5, 5.41) is 8.97. The minimum Gasteiger partial charge on any atom is -0.481 e. The van der Waals surface area contributed by atoms with Gasteiger partial charge >= 0.3 is 5.97 Å². The van der Waals surface area contributed by atoms with Crippen LogP contribution in [0.2, 0.25) is 0 Å². The van der Waals surface area contributed by atoms with Gasteiger partial charge in [-0.3, -0.25) is 4.79 Å². The van der Waals surface area contributed by atoms with Gasteiger partial charge in [0.15, 0.2) is 0 Å². The number of allylic oxidation sites excluding steroid dienone is 1. The third kappa shape index (κ3) is 3.72. The molecular weight excluding hydrogens is 248 g/mol. The Kier molecular flexibility index (Phi) is 4.64. The van der Waals surface area contributed by atoms with Gasteiger partial charge in [-0.05, 0) is 41.7 Å². The smallest absolute Gasteiger partial charge is 0.306 e. The summed E-state index contributed by atoms with van der Waals surface area (Å²) in [5.41, 5.74) is 2.58. The maximum Gasteiger partial charge on any atom is 0.306 e. The van der Waals surface area contributed by atoms with Crippen molar-refractivity contribution in [3.05, 3.63) is 41.5 Å². The molecule has 1 aliphatic carbocycles. The third-order valence-electron chi connectivity index (χ3n) is 4.36. The second kappa shape index (κ2) is 6.25. The van der Waals surface area contributed by atoms with E-state index in [1.165, 1.54) is 11.1 Å². The van der Waals surface area contributed by atoms with Crippen LogP contribution in [0.25, 0.3) is 6.08 Å². The Morgan fingerprint density at radius 2 is 1.95 bits per heavy atom. The lowest BCUT2D eigenvalue weighted by Gasteiger charge is -2.05. The molecular formula is C18H24O2. The molecule has 3 atom stereocenters. The van der Waals surface area contributed by atoms with Crippen LogP contribution in [-0.4, -0.2) is 11.1 Å². The first-order valence-corrected chi connectivity index (χ1v) is 7.48. The van der Waals surface area contributed by atoms with Crippen LogP contribution >= 0.6 is 0 Å². The highest BCUT2D eigenvalue weighted by molar-refractivity contribution is 5.70. The average Bonchev–Trinajstić information content (AvgIpc) is 3.17. The minimum absolute atomic E-state index is 0.196. The monoisotopic (exact) mass is 272 g/mol. The van der Waals surface area contributed by atoms with E-state index in [0.29, 0.717) is 17.8 Å². The van der Waals surface area contributed by atoms with Crippen molar-refractivity contribution >= 4 is 12.0 Å². The Hall–Kier alpha value is -1.57. The Bertz CT molecular complexity index is 485. The van der Waals surface area contributed by atoms with E-state index in [2.05, 4.69) is 50.3 Å². The molecule has 1 saturated carbocycles. The molecule has 1 aliphatic rings. The zero-order valence-electron chi connectivity index (χ0n) is 12.5. The lowest BCUT2D eigenvalue weighted by molar-refractivity contribution is -0.141. The number of carbonyl (C=O) groups is 1. The highest BCUT2D eigenvalue weighted by atomic mass is 16.4. The van der Waals surface area contributed by atoms with Crippen molar-refractivity contribution in [3.8, 4) is 0 Å². The molecule has 1 aromatic rings. The standard InChI is InChI=1S/C18H24O2/c1-12(2)15-9-7-14(8-10-15)5-4-6-16-11-17(16)13(3)18(19)20/h4-5,7-10,12-13,16-17H,6,11H2,1-3H3,(H,19,20). The van der Waals surface area contributed by atoms with Crippen molar-refractivity contribution < 1.29 is 9.90 Å². The number of hydrogen-bond acceptors (Lipinski definition) is 1. The van der Waals surface area contributed by atoms with Gasteiger partial charge in [-0.15, -0.1) is 0 Å². The van der Waals surface area contributed by atoms with Crippen molar-refractivity contribution in [2.75, 3.05) is 0 Å². The molecule has 1 fully saturated rings. The summed E-state index contributed by atoms with van der Waals surface area (Å²) in [6.45, 7) is 6.21. The molecule has 0 bridgehead atoms. The normalized spacial score (nSPS) is 23.2. The zero-order valence-corrected chi connectivity index (χ0v) is 12.5. The quantitative estimate of drug-likeness (QED) is 0.823. The number of carboxylic acids is 1. The highest BCUT2D eigenvalue weighted by Crippen LogP contribution is 2.46. The molecule has 0 aromatic heterocycles. The fraction of sp³-hybridized carbons (Fsp3) is 0.500. The van der Waals surface area contributed by atoms with Crippen LogP contribution in [0.5, 0.6) is 0 Å². The average molecular weight is 272 g/mol. The van der Waals surface area contributed by atoms with Crippen molar-refractivity contribution in [2.45, 2.75) is 39.5 Å². The van der Waals surface area contributed by atoms with Gasteiger partial charge in [0.25, 0.3) is 0 Å². The van der Waals surface area contributed by atoms with E-state index in [1.54, 1.807) is 0 Å². The molecule has 1 aromatic carbocycles. The van der Waals surface area contributed by atoms with Gasteiger partial charge in [0.2, 0.25) is 0 Å². The van der Waals surface area contributed by atoms with Gasteiger partial charge in [0, 0.05) is 0 Å². The molecule has 108 valence electrons. The molecule has 1 N–H and O–H groups in total. The van der Waals surface area contributed by atoms with E-state index in [-0.39, 0.29) is 5.92 Å². The summed E-state index contributed by atoms with van der Waals surface area (Å²) in [6, 6.07) is 8.65.